The predicted octanol–water partition coefficient (Wildman–Crippen LogP) is -0.623. The van der Waals surface area contributed by atoms with Crippen LogP contribution in [-0.2, 0) is 9.59 Å². The lowest BCUT2D eigenvalue weighted by Crippen LogP contribution is -2.39. The minimum Gasteiger partial charge on any atom is -0.479 e. The zero-order valence-electron chi connectivity index (χ0n) is 9.13. The van der Waals surface area contributed by atoms with Crippen LogP contribution in [0.25, 0.3) is 0 Å². The molecule has 0 aliphatic heterocycles. The van der Waals surface area contributed by atoms with Crippen molar-refractivity contribution < 1.29 is 34.8 Å². The van der Waals surface area contributed by atoms with E-state index in [4.69, 9.17) is 20.4 Å². The molecule has 0 fully saturated rings. The van der Waals surface area contributed by atoms with Gasteiger partial charge < -0.3 is 20.4 Å². The second-order valence-electron chi connectivity index (χ2n) is 3.09. The third-order valence-electron chi connectivity index (χ3n) is 1.74. The van der Waals surface area contributed by atoms with Crippen molar-refractivity contribution in [2.75, 3.05) is 0 Å². The highest BCUT2D eigenvalue weighted by molar-refractivity contribution is 5.83. The highest BCUT2D eigenvalue weighted by Gasteiger charge is 2.29. The third-order valence-corrected chi connectivity index (χ3v) is 1.74. The molecule has 0 amide bonds. The number of aliphatic carboxylic acids is 2. The minimum atomic E-state index is -2.27. The number of carbonyl (C=O) groups is 3. The standard InChI is InChI=1S/C7H6O.C4H6O6/c8-6-7-4-2-1-3-5-7;5-1(3(7)8)2(6)4(9)10/h1-6H;1-2,5-6H,(H,7,8)(H,9,10). The minimum absolute atomic E-state index is 0.729. The van der Waals surface area contributed by atoms with E-state index in [9.17, 15) is 14.4 Å². The second-order valence-corrected chi connectivity index (χ2v) is 3.09. The van der Waals surface area contributed by atoms with Crippen LogP contribution in [0.4, 0.5) is 0 Å². The highest BCUT2D eigenvalue weighted by Crippen LogP contribution is 1.92. The summed E-state index contributed by atoms with van der Waals surface area (Å²) in [5.41, 5.74) is 0.729. The molecule has 0 spiro atoms. The maximum atomic E-state index is 10.0. The Hall–Kier alpha value is -2.25. The average Bonchev–Trinajstić information content (AvgIpc) is 2.38. The van der Waals surface area contributed by atoms with Crippen LogP contribution in [-0.4, -0.2) is 50.9 Å². The van der Waals surface area contributed by atoms with Crippen molar-refractivity contribution >= 4 is 18.2 Å². The summed E-state index contributed by atoms with van der Waals surface area (Å²) in [6, 6.07) is 9.10. The van der Waals surface area contributed by atoms with Gasteiger partial charge in [0.05, 0.1) is 0 Å². The second kappa shape index (κ2) is 7.93. The largest absolute Gasteiger partial charge is 0.479 e. The Kier molecular flexibility index (Phi) is 6.94. The molecule has 1 aromatic carbocycles. The van der Waals surface area contributed by atoms with Gasteiger partial charge in [0.1, 0.15) is 6.29 Å². The molecule has 7 heteroatoms. The Morgan fingerprint density at radius 2 is 1.33 bits per heavy atom. The Morgan fingerprint density at radius 3 is 1.56 bits per heavy atom. The summed E-state index contributed by atoms with van der Waals surface area (Å²) in [6.07, 6.45) is -3.70. The molecule has 18 heavy (non-hydrogen) atoms. The number of carboxylic acid groups (broad SMARTS) is 2. The van der Waals surface area contributed by atoms with Crippen molar-refractivity contribution in [2.45, 2.75) is 12.2 Å². The van der Waals surface area contributed by atoms with Crippen LogP contribution in [0.1, 0.15) is 10.4 Å². The number of carboxylic acids is 2. The summed E-state index contributed by atoms with van der Waals surface area (Å²) in [4.78, 5) is 29.6. The van der Waals surface area contributed by atoms with Gasteiger partial charge in [0.2, 0.25) is 0 Å². The summed E-state index contributed by atoms with van der Waals surface area (Å²) in [5.74, 6) is -3.54. The van der Waals surface area contributed by atoms with E-state index in [1.165, 1.54) is 0 Å². The molecule has 0 heterocycles. The van der Waals surface area contributed by atoms with E-state index in [2.05, 4.69) is 0 Å². The summed E-state index contributed by atoms with van der Waals surface area (Å²) in [5, 5.41) is 32.5. The molecule has 2 unspecified atom stereocenters. The van der Waals surface area contributed by atoms with E-state index < -0.39 is 24.1 Å². The smallest absolute Gasteiger partial charge is 0.335 e. The molecular weight excluding hydrogens is 244 g/mol. The van der Waals surface area contributed by atoms with Crippen LogP contribution in [0.15, 0.2) is 30.3 Å². The van der Waals surface area contributed by atoms with E-state index in [1.807, 2.05) is 18.2 Å². The van der Waals surface area contributed by atoms with Crippen LogP contribution < -0.4 is 0 Å². The lowest BCUT2D eigenvalue weighted by atomic mass is 10.2. The third kappa shape index (κ3) is 5.73. The first-order chi connectivity index (χ1) is 8.40. The fourth-order valence-electron chi connectivity index (χ4n) is 0.802. The van der Waals surface area contributed by atoms with Crippen LogP contribution in [0.5, 0.6) is 0 Å². The normalized spacial score (nSPS) is 12.6. The summed E-state index contributed by atoms with van der Waals surface area (Å²) >= 11 is 0. The fraction of sp³-hybridized carbons (Fsp3) is 0.182. The number of rotatable bonds is 4. The zero-order valence-corrected chi connectivity index (χ0v) is 9.13. The van der Waals surface area contributed by atoms with Gasteiger partial charge in [-0.05, 0) is 0 Å². The summed E-state index contributed by atoms with van der Waals surface area (Å²) < 4.78 is 0. The SMILES string of the molecule is O=C(O)C(O)C(O)C(=O)O.O=Cc1ccccc1. The summed E-state index contributed by atoms with van der Waals surface area (Å²) in [7, 11) is 0. The molecule has 0 aromatic heterocycles. The number of benzene rings is 1. The average molecular weight is 256 g/mol. The van der Waals surface area contributed by atoms with Crippen molar-refractivity contribution in [3.8, 4) is 0 Å². The van der Waals surface area contributed by atoms with E-state index in [-0.39, 0.29) is 0 Å². The van der Waals surface area contributed by atoms with E-state index in [0.29, 0.717) is 0 Å². The van der Waals surface area contributed by atoms with Gasteiger partial charge in [-0.1, -0.05) is 30.3 Å². The number of aliphatic hydroxyl groups is 2. The molecule has 98 valence electrons. The molecular formula is C11H12O7. The van der Waals surface area contributed by atoms with E-state index in [1.54, 1.807) is 12.1 Å². The van der Waals surface area contributed by atoms with Gasteiger partial charge in [-0.3, -0.25) is 4.79 Å². The molecule has 1 rings (SSSR count). The Bertz CT molecular complexity index is 383. The van der Waals surface area contributed by atoms with Crippen molar-refractivity contribution in [2.24, 2.45) is 0 Å². The molecule has 7 nitrogen and oxygen atoms in total. The van der Waals surface area contributed by atoms with Gasteiger partial charge in [0.15, 0.2) is 12.2 Å². The van der Waals surface area contributed by atoms with Crippen LogP contribution in [0.2, 0.25) is 0 Å². The first kappa shape index (κ1) is 15.8. The Morgan fingerprint density at radius 1 is 0.944 bits per heavy atom. The molecule has 1 aromatic rings. The van der Waals surface area contributed by atoms with Gasteiger partial charge in [-0.25, -0.2) is 9.59 Å². The molecule has 0 radical (unpaired) electrons. The van der Waals surface area contributed by atoms with Crippen molar-refractivity contribution in [3.63, 3.8) is 0 Å². The van der Waals surface area contributed by atoms with Gasteiger partial charge in [-0.2, -0.15) is 0 Å². The van der Waals surface area contributed by atoms with Crippen molar-refractivity contribution in [3.05, 3.63) is 35.9 Å². The monoisotopic (exact) mass is 256 g/mol. The van der Waals surface area contributed by atoms with Gasteiger partial charge in [0, 0.05) is 5.56 Å². The first-order valence-corrected chi connectivity index (χ1v) is 4.72. The topological polar surface area (TPSA) is 132 Å². The highest BCUT2D eigenvalue weighted by atomic mass is 16.4. The van der Waals surface area contributed by atoms with Gasteiger partial charge >= 0.3 is 11.9 Å². The predicted molar refractivity (Wildman–Crippen MR) is 59.1 cm³/mol. The molecule has 4 N–H and O–H groups in total. The summed E-state index contributed by atoms with van der Waals surface area (Å²) in [6.45, 7) is 0. The van der Waals surface area contributed by atoms with Crippen LogP contribution >= 0.6 is 0 Å². The molecule has 0 saturated heterocycles. The number of aliphatic hydroxyl groups excluding tert-OH is 2. The van der Waals surface area contributed by atoms with Gasteiger partial charge in [0.25, 0.3) is 0 Å². The molecule has 0 aliphatic rings. The van der Waals surface area contributed by atoms with E-state index in [0.717, 1.165) is 11.8 Å². The molecule has 2 atom stereocenters. The van der Waals surface area contributed by atoms with Crippen molar-refractivity contribution in [1.82, 2.24) is 0 Å². The Balaban J connectivity index is 0.000000327. The number of aldehydes is 1. The van der Waals surface area contributed by atoms with Gasteiger partial charge in [-0.15, -0.1) is 0 Å². The molecule has 0 bridgehead atoms. The number of hydrogen-bond donors (Lipinski definition) is 4. The number of hydrogen-bond acceptors (Lipinski definition) is 5. The van der Waals surface area contributed by atoms with Crippen LogP contribution in [0, 0.1) is 0 Å². The molecule has 0 aliphatic carbocycles. The maximum Gasteiger partial charge on any atom is 0.335 e. The quantitative estimate of drug-likeness (QED) is 0.527. The Labute approximate surface area is 102 Å². The van der Waals surface area contributed by atoms with Crippen LogP contribution in [0.3, 0.4) is 0 Å². The number of carbonyl (C=O) groups excluding carboxylic acids is 1. The maximum absolute atomic E-state index is 10.0. The van der Waals surface area contributed by atoms with E-state index >= 15 is 0 Å². The lowest BCUT2D eigenvalue weighted by Gasteiger charge is -2.07. The van der Waals surface area contributed by atoms with Crippen molar-refractivity contribution in [1.29, 1.82) is 0 Å². The first-order valence-electron chi connectivity index (χ1n) is 4.72. The molecule has 0 saturated carbocycles. The fourth-order valence-corrected chi connectivity index (χ4v) is 0.802. The lowest BCUT2D eigenvalue weighted by molar-refractivity contribution is -0.165. The zero-order chi connectivity index (χ0) is 14.1.